The van der Waals surface area contributed by atoms with Crippen molar-refractivity contribution in [3.05, 3.63) is 22.7 Å². The summed E-state index contributed by atoms with van der Waals surface area (Å²) < 4.78 is 26.5. The van der Waals surface area contributed by atoms with Crippen LogP contribution in [0.2, 0.25) is 5.02 Å². The minimum absolute atomic E-state index is 0.177. The van der Waals surface area contributed by atoms with Gasteiger partial charge >= 0.3 is 0 Å². The first-order valence-corrected chi connectivity index (χ1v) is 7.90. The second-order valence-corrected chi connectivity index (χ2v) is 7.63. The molecular weight excluding hydrogens is 284 g/mol. The van der Waals surface area contributed by atoms with Crippen LogP contribution in [-0.2, 0) is 10.0 Å². The molecule has 19 heavy (non-hydrogen) atoms. The van der Waals surface area contributed by atoms with E-state index in [-0.39, 0.29) is 10.6 Å². The van der Waals surface area contributed by atoms with Gasteiger partial charge in [0.05, 0.1) is 15.6 Å². The smallest absolute Gasteiger partial charge is 0.243 e. The molecular formula is C13H21ClN2O2S. The Morgan fingerprint density at radius 1 is 1.37 bits per heavy atom. The van der Waals surface area contributed by atoms with E-state index in [4.69, 9.17) is 17.3 Å². The number of hydrogen-bond donors (Lipinski definition) is 1. The third-order valence-corrected chi connectivity index (χ3v) is 6.20. The van der Waals surface area contributed by atoms with Gasteiger partial charge in [-0.25, -0.2) is 8.42 Å². The highest BCUT2D eigenvalue weighted by Gasteiger charge is 2.33. The van der Waals surface area contributed by atoms with Gasteiger partial charge in [0.15, 0.2) is 0 Å². The predicted octanol–water partition coefficient (Wildman–Crippen LogP) is 3.04. The van der Waals surface area contributed by atoms with Crippen LogP contribution in [-0.4, -0.2) is 25.3 Å². The second kappa shape index (κ2) is 5.31. The lowest BCUT2D eigenvalue weighted by atomic mass is 10.0. The highest BCUT2D eigenvalue weighted by molar-refractivity contribution is 7.89. The van der Waals surface area contributed by atoms with E-state index in [1.165, 1.54) is 10.4 Å². The summed E-state index contributed by atoms with van der Waals surface area (Å²) in [6, 6.07) is 2.96. The number of benzene rings is 1. The van der Waals surface area contributed by atoms with Gasteiger partial charge in [-0.15, -0.1) is 0 Å². The van der Waals surface area contributed by atoms with E-state index in [0.29, 0.717) is 17.0 Å². The van der Waals surface area contributed by atoms with Gasteiger partial charge in [-0.1, -0.05) is 18.5 Å². The molecule has 0 amide bonds. The maximum absolute atomic E-state index is 12.6. The van der Waals surface area contributed by atoms with Gasteiger partial charge in [0.1, 0.15) is 0 Å². The van der Waals surface area contributed by atoms with Gasteiger partial charge in [0, 0.05) is 12.6 Å². The normalized spacial score (nSPS) is 13.0. The van der Waals surface area contributed by atoms with Crippen LogP contribution in [0.3, 0.4) is 0 Å². The van der Waals surface area contributed by atoms with Crippen LogP contribution in [0.4, 0.5) is 5.69 Å². The van der Waals surface area contributed by atoms with Crippen LogP contribution in [0.1, 0.15) is 32.8 Å². The molecule has 6 heteroatoms. The van der Waals surface area contributed by atoms with Gasteiger partial charge in [-0.05, 0) is 44.9 Å². The van der Waals surface area contributed by atoms with Crippen molar-refractivity contribution in [2.75, 3.05) is 12.8 Å². The number of halogens is 1. The molecule has 0 radical (unpaired) electrons. The molecule has 0 aromatic heterocycles. The van der Waals surface area contributed by atoms with E-state index in [1.54, 1.807) is 20.0 Å². The van der Waals surface area contributed by atoms with Crippen molar-refractivity contribution in [2.24, 2.45) is 0 Å². The third-order valence-electron chi connectivity index (χ3n) is 3.63. The van der Waals surface area contributed by atoms with Crippen LogP contribution in [0.25, 0.3) is 0 Å². The van der Waals surface area contributed by atoms with E-state index in [1.807, 2.05) is 20.8 Å². The molecule has 4 nitrogen and oxygen atoms in total. The van der Waals surface area contributed by atoms with Crippen molar-refractivity contribution in [3.8, 4) is 0 Å². The zero-order chi connectivity index (χ0) is 15.0. The lowest BCUT2D eigenvalue weighted by molar-refractivity contribution is 0.257. The molecule has 1 aromatic carbocycles. The molecule has 108 valence electrons. The summed E-state index contributed by atoms with van der Waals surface area (Å²) >= 11 is 5.96. The topological polar surface area (TPSA) is 63.4 Å². The molecule has 0 aliphatic rings. The van der Waals surface area contributed by atoms with Gasteiger partial charge in [-0.2, -0.15) is 4.31 Å². The van der Waals surface area contributed by atoms with Crippen LogP contribution in [0.5, 0.6) is 0 Å². The molecule has 0 bridgehead atoms. The average Bonchev–Trinajstić information content (AvgIpc) is 2.34. The van der Waals surface area contributed by atoms with Crippen LogP contribution in [0.15, 0.2) is 17.0 Å². The summed E-state index contributed by atoms with van der Waals surface area (Å²) in [5.74, 6) is 0. The minimum Gasteiger partial charge on any atom is -0.397 e. The Hall–Kier alpha value is -0.780. The van der Waals surface area contributed by atoms with E-state index in [9.17, 15) is 8.42 Å². The molecule has 0 fully saturated rings. The fourth-order valence-corrected chi connectivity index (χ4v) is 3.42. The van der Waals surface area contributed by atoms with Crippen molar-refractivity contribution in [3.63, 3.8) is 0 Å². The predicted molar refractivity (Wildman–Crippen MR) is 79.9 cm³/mol. The zero-order valence-corrected chi connectivity index (χ0v) is 13.6. The van der Waals surface area contributed by atoms with Crippen molar-refractivity contribution in [1.82, 2.24) is 4.31 Å². The van der Waals surface area contributed by atoms with E-state index in [2.05, 4.69) is 0 Å². The summed E-state index contributed by atoms with van der Waals surface area (Å²) in [5.41, 5.74) is 6.22. The molecule has 0 saturated heterocycles. The number of hydrogen-bond acceptors (Lipinski definition) is 3. The average molecular weight is 305 g/mol. The van der Waals surface area contributed by atoms with Gasteiger partial charge in [-0.3, -0.25) is 0 Å². The van der Waals surface area contributed by atoms with Crippen LogP contribution >= 0.6 is 11.6 Å². The third kappa shape index (κ3) is 3.04. The molecule has 0 aliphatic carbocycles. The van der Waals surface area contributed by atoms with E-state index >= 15 is 0 Å². The SMILES string of the molecule is CCC(C)(C)N(C)S(=O)(=O)c1cc(C)c(Cl)c(N)c1. The standard InChI is InChI=1S/C13H21ClN2O2S/c1-6-13(3,4)16(5)19(17,18)10-7-9(2)12(14)11(15)8-10/h7-8H,6,15H2,1-5H3. The maximum Gasteiger partial charge on any atom is 0.243 e. The molecule has 0 aliphatic heterocycles. The summed E-state index contributed by atoms with van der Waals surface area (Å²) in [5, 5.41) is 0.399. The summed E-state index contributed by atoms with van der Waals surface area (Å²) in [4.78, 5) is 0.177. The number of nitrogens with zero attached hydrogens (tertiary/aromatic N) is 1. The minimum atomic E-state index is -3.58. The fourth-order valence-electron chi connectivity index (χ4n) is 1.62. The summed E-state index contributed by atoms with van der Waals surface area (Å²) in [7, 11) is -1.99. The largest absolute Gasteiger partial charge is 0.397 e. The van der Waals surface area contributed by atoms with Crippen molar-refractivity contribution >= 4 is 27.3 Å². The quantitative estimate of drug-likeness (QED) is 0.870. The number of sulfonamides is 1. The Balaban J connectivity index is 3.37. The Morgan fingerprint density at radius 3 is 2.32 bits per heavy atom. The summed E-state index contributed by atoms with van der Waals surface area (Å²) in [6.07, 6.45) is 0.713. The zero-order valence-electron chi connectivity index (χ0n) is 12.0. The second-order valence-electron chi connectivity index (χ2n) is 5.28. The molecule has 1 aromatic rings. The first-order chi connectivity index (χ1) is 8.54. The molecule has 0 unspecified atom stereocenters. The molecule has 1 rings (SSSR count). The number of rotatable bonds is 4. The van der Waals surface area contributed by atoms with Crippen LogP contribution < -0.4 is 5.73 Å². The molecule has 2 N–H and O–H groups in total. The molecule has 0 heterocycles. The van der Waals surface area contributed by atoms with Crippen molar-refractivity contribution in [1.29, 1.82) is 0 Å². The van der Waals surface area contributed by atoms with Crippen LogP contribution in [0, 0.1) is 6.92 Å². The number of nitrogen functional groups attached to an aromatic ring is 1. The van der Waals surface area contributed by atoms with E-state index < -0.39 is 15.6 Å². The number of nitrogens with two attached hydrogens (primary N) is 1. The van der Waals surface area contributed by atoms with Crippen molar-refractivity contribution < 1.29 is 8.42 Å². The Kier molecular flexibility index (Phi) is 4.55. The maximum atomic E-state index is 12.6. The van der Waals surface area contributed by atoms with Gasteiger partial charge in [0.2, 0.25) is 10.0 Å². The highest BCUT2D eigenvalue weighted by Crippen LogP contribution is 2.30. The monoisotopic (exact) mass is 304 g/mol. The number of anilines is 1. The fraction of sp³-hybridized carbons (Fsp3) is 0.538. The van der Waals surface area contributed by atoms with E-state index in [0.717, 1.165) is 0 Å². The Bertz CT molecular complexity index is 559. The van der Waals surface area contributed by atoms with Crippen molar-refractivity contribution in [2.45, 2.75) is 44.6 Å². The highest BCUT2D eigenvalue weighted by atomic mass is 35.5. The Morgan fingerprint density at radius 2 is 1.89 bits per heavy atom. The molecule has 0 saturated carbocycles. The van der Waals surface area contributed by atoms with Gasteiger partial charge < -0.3 is 5.73 Å². The first kappa shape index (κ1) is 16.3. The number of aryl methyl sites for hydroxylation is 1. The summed E-state index contributed by atoms with van der Waals surface area (Å²) in [6.45, 7) is 7.46. The lowest BCUT2D eigenvalue weighted by Gasteiger charge is -2.33. The first-order valence-electron chi connectivity index (χ1n) is 6.08. The molecule has 0 spiro atoms. The van der Waals surface area contributed by atoms with Gasteiger partial charge in [0.25, 0.3) is 0 Å². The molecule has 0 atom stereocenters. The Labute approximate surface area is 120 Å². The lowest BCUT2D eigenvalue weighted by Crippen LogP contribution is -2.44.